The lowest BCUT2D eigenvalue weighted by Crippen LogP contribution is -2.04. The van der Waals surface area contributed by atoms with Gasteiger partial charge in [-0.2, -0.15) is 4.98 Å². The van der Waals surface area contributed by atoms with Crippen molar-refractivity contribution in [1.29, 1.82) is 0 Å². The number of carbonyl (C=O) groups excluding carboxylic acids is 1. The fraction of sp³-hybridized carbons (Fsp3) is 0. The molecule has 0 atom stereocenters. The predicted octanol–water partition coefficient (Wildman–Crippen LogP) is 0.791. The predicted molar refractivity (Wildman–Crippen MR) is 55.2 cm³/mol. The Morgan fingerprint density at radius 2 is 2.00 bits per heavy atom. The zero-order chi connectivity index (χ0) is 12.4. The molecule has 1 heterocycles. The van der Waals surface area contributed by atoms with Gasteiger partial charge in [0.15, 0.2) is 0 Å². The van der Waals surface area contributed by atoms with Gasteiger partial charge >= 0.3 is 6.01 Å². The van der Waals surface area contributed by atoms with E-state index in [-0.39, 0.29) is 23.1 Å². The Bertz CT molecular complexity index is 575. The van der Waals surface area contributed by atoms with Crippen LogP contribution in [0.4, 0.5) is 11.7 Å². The normalized spacial score (nSPS) is 10.1. The molecule has 0 fully saturated rings. The molecular formula is C9H6N4O4. The molecular weight excluding hydrogens is 228 g/mol. The number of non-ortho nitro benzene ring substituents is 1. The van der Waals surface area contributed by atoms with Crippen molar-refractivity contribution in [3.05, 3.63) is 45.8 Å². The van der Waals surface area contributed by atoms with E-state index < -0.39 is 10.7 Å². The summed E-state index contributed by atoms with van der Waals surface area (Å²) in [4.78, 5) is 25.2. The van der Waals surface area contributed by atoms with Crippen LogP contribution in [0.2, 0.25) is 0 Å². The van der Waals surface area contributed by atoms with Crippen molar-refractivity contribution >= 4 is 17.5 Å². The summed E-state index contributed by atoms with van der Waals surface area (Å²) < 4.78 is 4.46. The second-order valence-corrected chi connectivity index (χ2v) is 3.09. The van der Waals surface area contributed by atoms with Gasteiger partial charge in [-0.3, -0.25) is 14.9 Å². The fourth-order valence-corrected chi connectivity index (χ4v) is 1.19. The average Bonchev–Trinajstić information content (AvgIpc) is 2.75. The number of rotatable bonds is 3. The molecule has 0 bridgehead atoms. The topological polar surface area (TPSA) is 125 Å². The van der Waals surface area contributed by atoms with E-state index in [1.165, 1.54) is 24.3 Å². The molecule has 0 aliphatic rings. The third kappa shape index (κ3) is 2.09. The number of nitrogens with zero attached hydrogens (tertiary/aromatic N) is 3. The van der Waals surface area contributed by atoms with Gasteiger partial charge in [0, 0.05) is 17.7 Å². The van der Waals surface area contributed by atoms with Crippen molar-refractivity contribution in [3.8, 4) is 0 Å². The number of nitro benzene ring substituents is 1. The van der Waals surface area contributed by atoms with Gasteiger partial charge in [-0.1, -0.05) is 5.16 Å². The first-order valence-electron chi connectivity index (χ1n) is 4.46. The van der Waals surface area contributed by atoms with Crippen molar-refractivity contribution in [3.63, 3.8) is 0 Å². The highest BCUT2D eigenvalue weighted by molar-refractivity contribution is 6.06. The summed E-state index contributed by atoms with van der Waals surface area (Å²) in [5, 5.41) is 13.8. The third-order valence-corrected chi connectivity index (χ3v) is 1.99. The maximum absolute atomic E-state index is 11.7. The molecule has 2 aromatic rings. The second-order valence-electron chi connectivity index (χ2n) is 3.09. The van der Waals surface area contributed by atoms with Crippen LogP contribution in [0.3, 0.4) is 0 Å². The van der Waals surface area contributed by atoms with Crippen molar-refractivity contribution in [1.82, 2.24) is 10.1 Å². The minimum absolute atomic E-state index is 0.103. The van der Waals surface area contributed by atoms with Crippen LogP contribution >= 0.6 is 0 Å². The van der Waals surface area contributed by atoms with Crippen LogP contribution in [0.1, 0.15) is 16.2 Å². The van der Waals surface area contributed by atoms with Gasteiger partial charge in [0.2, 0.25) is 11.6 Å². The van der Waals surface area contributed by atoms with Gasteiger partial charge in [-0.25, -0.2) is 0 Å². The number of anilines is 1. The van der Waals surface area contributed by atoms with E-state index in [4.69, 9.17) is 5.73 Å². The Kier molecular flexibility index (Phi) is 2.53. The molecule has 0 aliphatic heterocycles. The second kappa shape index (κ2) is 4.00. The molecule has 0 unspecified atom stereocenters. The van der Waals surface area contributed by atoms with Crippen LogP contribution in [-0.2, 0) is 0 Å². The Morgan fingerprint density at radius 1 is 1.35 bits per heavy atom. The lowest BCUT2D eigenvalue weighted by molar-refractivity contribution is -0.384. The van der Waals surface area contributed by atoms with Crippen LogP contribution in [-0.4, -0.2) is 20.8 Å². The largest absolute Gasteiger partial charge is 0.351 e. The molecule has 0 radical (unpaired) electrons. The first-order chi connectivity index (χ1) is 8.08. The van der Waals surface area contributed by atoms with Gasteiger partial charge < -0.3 is 10.3 Å². The smallest absolute Gasteiger partial charge is 0.319 e. The molecule has 1 aromatic heterocycles. The Hall–Kier alpha value is -2.77. The van der Waals surface area contributed by atoms with Crippen molar-refractivity contribution in [2.45, 2.75) is 0 Å². The molecule has 8 heteroatoms. The molecule has 0 amide bonds. The molecule has 86 valence electrons. The maximum Gasteiger partial charge on any atom is 0.319 e. The lowest BCUT2D eigenvalue weighted by Gasteiger charge is -1.95. The van der Waals surface area contributed by atoms with Crippen LogP contribution in [0.5, 0.6) is 0 Å². The van der Waals surface area contributed by atoms with E-state index in [0.29, 0.717) is 0 Å². The summed E-state index contributed by atoms with van der Waals surface area (Å²) in [6.45, 7) is 0. The Morgan fingerprint density at radius 3 is 2.47 bits per heavy atom. The molecule has 0 spiro atoms. The zero-order valence-corrected chi connectivity index (χ0v) is 8.36. The first-order valence-corrected chi connectivity index (χ1v) is 4.46. The molecule has 17 heavy (non-hydrogen) atoms. The van der Waals surface area contributed by atoms with Gasteiger partial charge in [0.1, 0.15) is 0 Å². The number of nitrogen functional groups attached to an aromatic ring is 1. The minimum Gasteiger partial charge on any atom is -0.351 e. The molecule has 0 saturated heterocycles. The number of nitro groups is 1. The average molecular weight is 234 g/mol. The van der Waals surface area contributed by atoms with Crippen LogP contribution in [0.15, 0.2) is 28.8 Å². The summed E-state index contributed by atoms with van der Waals surface area (Å²) in [5.41, 5.74) is 5.29. The number of ketones is 1. The van der Waals surface area contributed by atoms with E-state index in [1.807, 2.05) is 0 Å². The molecule has 2 N–H and O–H groups in total. The van der Waals surface area contributed by atoms with E-state index >= 15 is 0 Å². The number of carbonyl (C=O) groups is 1. The number of benzene rings is 1. The van der Waals surface area contributed by atoms with Crippen molar-refractivity contribution in [2.24, 2.45) is 0 Å². The lowest BCUT2D eigenvalue weighted by atomic mass is 10.1. The van der Waals surface area contributed by atoms with Gasteiger partial charge in [0.25, 0.3) is 5.69 Å². The maximum atomic E-state index is 11.7. The molecule has 1 aromatic carbocycles. The molecule has 8 nitrogen and oxygen atoms in total. The number of nitrogens with two attached hydrogens (primary N) is 1. The van der Waals surface area contributed by atoms with Crippen molar-refractivity contribution < 1.29 is 14.2 Å². The van der Waals surface area contributed by atoms with E-state index in [1.54, 1.807) is 0 Å². The minimum atomic E-state index is -0.555. The molecule has 0 saturated carbocycles. The van der Waals surface area contributed by atoms with Crippen molar-refractivity contribution in [2.75, 3.05) is 5.73 Å². The first kappa shape index (κ1) is 10.7. The summed E-state index contributed by atoms with van der Waals surface area (Å²) in [7, 11) is 0. The highest BCUT2D eigenvalue weighted by atomic mass is 16.6. The monoisotopic (exact) mass is 234 g/mol. The summed E-state index contributed by atoms with van der Waals surface area (Å²) in [5.74, 6) is -0.697. The number of hydrogen-bond acceptors (Lipinski definition) is 7. The SMILES string of the molecule is Nc1nc(C(=O)c2ccc([N+](=O)[O-])cc2)no1. The Labute approximate surface area is 94.2 Å². The van der Waals surface area contributed by atoms with Crippen LogP contribution in [0, 0.1) is 10.1 Å². The Balaban J connectivity index is 2.29. The van der Waals surface area contributed by atoms with E-state index in [0.717, 1.165) is 0 Å². The zero-order valence-electron chi connectivity index (χ0n) is 8.36. The summed E-state index contributed by atoms with van der Waals surface area (Å²) in [6, 6.07) is 4.85. The number of aromatic nitrogens is 2. The summed E-state index contributed by atoms with van der Waals surface area (Å²) >= 11 is 0. The fourth-order valence-electron chi connectivity index (χ4n) is 1.19. The van der Waals surface area contributed by atoms with Crippen LogP contribution < -0.4 is 5.73 Å². The van der Waals surface area contributed by atoms with E-state index in [9.17, 15) is 14.9 Å². The number of hydrogen-bond donors (Lipinski definition) is 1. The molecule has 0 aliphatic carbocycles. The van der Waals surface area contributed by atoms with E-state index in [2.05, 4.69) is 14.7 Å². The van der Waals surface area contributed by atoms with Crippen LogP contribution in [0.25, 0.3) is 0 Å². The quantitative estimate of drug-likeness (QED) is 0.472. The standard InChI is InChI=1S/C9H6N4O4/c10-9-11-8(12-17-9)7(14)5-1-3-6(4-2-5)13(15)16/h1-4H,(H2,10,11,12). The van der Waals surface area contributed by atoms with Gasteiger partial charge in [-0.05, 0) is 12.1 Å². The highest BCUT2D eigenvalue weighted by Gasteiger charge is 2.16. The van der Waals surface area contributed by atoms with Gasteiger partial charge in [-0.15, -0.1) is 0 Å². The highest BCUT2D eigenvalue weighted by Crippen LogP contribution is 2.14. The third-order valence-electron chi connectivity index (χ3n) is 1.99. The molecule has 2 rings (SSSR count). The van der Waals surface area contributed by atoms with Gasteiger partial charge in [0.05, 0.1) is 4.92 Å². The summed E-state index contributed by atoms with van der Waals surface area (Å²) in [6.07, 6.45) is 0.